The molecule has 0 aliphatic rings. The second-order valence-corrected chi connectivity index (χ2v) is 8.75. The summed E-state index contributed by atoms with van der Waals surface area (Å²) >= 11 is 0. The predicted molar refractivity (Wildman–Crippen MR) is 142 cm³/mol. The van der Waals surface area contributed by atoms with Crippen LogP contribution in [-0.4, -0.2) is 32.3 Å². The van der Waals surface area contributed by atoms with Crippen molar-refractivity contribution in [3.05, 3.63) is 124 Å². The average Bonchev–Trinajstić information content (AvgIpc) is 3.36. The Kier molecular flexibility index (Phi) is 6.98. The number of H-pyrrole nitrogens is 1. The van der Waals surface area contributed by atoms with Gasteiger partial charge in [-0.3, -0.25) is 24.9 Å². The quantitative estimate of drug-likeness (QED) is 0.211. The lowest BCUT2D eigenvalue weighted by Crippen LogP contribution is -2.27. The van der Waals surface area contributed by atoms with Crippen molar-refractivity contribution in [2.24, 2.45) is 0 Å². The van der Waals surface area contributed by atoms with E-state index in [1.807, 2.05) is 66.9 Å². The van der Waals surface area contributed by atoms with Crippen molar-refractivity contribution in [3.8, 4) is 11.3 Å². The van der Waals surface area contributed by atoms with E-state index in [1.165, 1.54) is 6.07 Å². The molecule has 2 N–H and O–H groups in total. The molecule has 5 rings (SSSR count). The standard InChI is InChI=1S/C29H25N5O3/c35-29(32-15-12-22-7-1-3-13-30-22)18-25(20-6-5-8-23(16-20)34(36)37)26-19-33-28-17-21(10-11-24(26)28)27-9-2-4-14-31-27/h1-11,13-14,16-17,19,25,33H,12,15,18H2,(H,32,35)/t25-/m1/s1. The number of carbonyl (C=O) groups is 1. The highest BCUT2D eigenvalue weighted by atomic mass is 16.6. The molecule has 0 saturated carbocycles. The van der Waals surface area contributed by atoms with Gasteiger partial charge in [-0.25, -0.2) is 0 Å². The third-order valence-corrected chi connectivity index (χ3v) is 6.35. The van der Waals surface area contributed by atoms with Gasteiger partial charge >= 0.3 is 0 Å². The summed E-state index contributed by atoms with van der Waals surface area (Å²) in [6.07, 6.45) is 6.14. The molecule has 1 amide bonds. The summed E-state index contributed by atoms with van der Waals surface area (Å²) in [4.78, 5) is 36.1. The Morgan fingerprint density at radius 2 is 1.81 bits per heavy atom. The number of hydrogen-bond acceptors (Lipinski definition) is 5. The molecule has 0 bridgehead atoms. The number of pyridine rings is 2. The first-order valence-corrected chi connectivity index (χ1v) is 12.0. The van der Waals surface area contributed by atoms with Gasteiger partial charge in [0, 0.05) is 78.2 Å². The number of nitrogens with one attached hydrogen (secondary N) is 2. The van der Waals surface area contributed by atoms with Crippen LogP contribution in [-0.2, 0) is 11.2 Å². The van der Waals surface area contributed by atoms with Crippen molar-refractivity contribution in [3.63, 3.8) is 0 Å². The first-order valence-electron chi connectivity index (χ1n) is 12.0. The fourth-order valence-corrected chi connectivity index (χ4v) is 4.53. The maximum atomic E-state index is 13.0. The number of nitro groups is 1. The number of aromatic nitrogens is 3. The number of aromatic amines is 1. The number of rotatable bonds is 9. The van der Waals surface area contributed by atoms with Crippen molar-refractivity contribution < 1.29 is 9.72 Å². The highest BCUT2D eigenvalue weighted by Crippen LogP contribution is 2.36. The van der Waals surface area contributed by atoms with Crippen LogP contribution in [0.2, 0.25) is 0 Å². The number of fused-ring (bicyclic) bond motifs is 1. The number of carbonyl (C=O) groups excluding carboxylic acids is 1. The summed E-state index contributed by atoms with van der Waals surface area (Å²) in [5.74, 6) is -0.504. The molecule has 8 heteroatoms. The van der Waals surface area contributed by atoms with Crippen LogP contribution in [0.3, 0.4) is 0 Å². The third kappa shape index (κ3) is 5.54. The van der Waals surface area contributed by atoms with Crippen molar-refractivity contribution in [1.29, 1.82) is 0 Å². The van der Waals surface area contributed by atoms with Crippen LogP contribution in [0.1, 0.15) is 29.2 Å². The van der Waals surface area contributed by atoms with Crippen molar-refractivity contribution >= 4 is 22.5 Å². The van der Waals surface area contributed by atoms with E-state index in [4.69, 9.17) is 0 Å². The normalized spacial score (nSPS) is 11.8. The Bertz CT molecular complexity index is 1530. The Morgan fingerprint density at radius 1 is 0.973 bits per heavy atom. The minimum Gasteiger partial charge on any atom is -0.361 e. The highest BCUT2D eigenvalue weighted by molar-refractivity contribution is 5.89. The van der Waals surface area contributed by atoms with E-state index in [0.717, 1.165) is 33.4 Å². The van der Waals surface area contributed by atoms with Gasteiger partial charge in [-0.15, -0.1) is 0 Å². The van der Waals surface area contributed by atoms with Gasteiger partial charge < -0.3 is 10.3 Å². The summed E-state index contributed by atoms with van der Waals surface area (Å²) in [5.41, 5.74) is 5.26. The SMILES string of the molecule is O=C(C[C@H](c1cccc([N+](=O)[O-])c1)c1c[nH]c2cc(-c3ccccn3)ccc12)NCCc1ccccn1. The Balaban J connectivity index is 1.43. The molecule has 0 aliphatic carbocycles. The van der Waals surface area contributed by atoms with Crippen LogP contribution < -0.4 is 5.32 Å². The van der Waals surface area contributed by atoms with Crippen molar-refractivity contribution in [2.75, 3.05) is 6.54 Å². The van der Waals surface area contributed by atoms with Gasteiger partial charge in [0.05, 0.1) is 10.6 Å². The van der Waals surface area contributed by atoms with Gasteiger partial charge in [0.25, 0.3) is 5.69 Å². The van der Waals surface area contributed by atoms with E-state index in [2.05, 4.69) is 20.3 Å². The Labute approximate surface area is 213 Å². The van der Waals surface area contributed by atoms with E-state index in [1.54, 1.807) is 24.5 Å². The van der Waals surface area contributed by atoms with Gasteiger partial charge in [0.2, 0.25) is 5.91 Å². The minimum atomic E-state index is -0.415. The second kappa shape index (κ2) is 10.8. The van der Waals surface area contributed by atoms with Gasteiger partial charge in [0.1, 0.15) is 0 Å². The van der Waals surface area contributed by atoms with Crippen LogP contribution in [0, 0.1) is 10.1 Å². The number of nitro benzene ring substituents is 1. The number of non-ortho nitro benzene ring substituents is 1. The van der Waals surface area contributed by atoms with Gasteiger partial charge in [-0.1, -0.05) is 36.4 Å². The molecule has 0 fully saturated rings. The van der Waals surface area contributed by atoms with Crippen molar-refractivity contribution in [2.45, 2.75) is 18.8 Å². The average molecular weight is 492 g/mol. The molecule has 0 saturated heterocycles. The largest absolute Gasteiger partial charge is 0.361 e. The zero-order valence-corrected chi connectivity index (χ0v) is 20.0. The van der Waals surface area contributed by atoms with E-state index in [-0.39, 0.29) is 23.9 Å². The number of amides is 1. The minimum absolute atomic E-state index is 0.00432. The zero-order valence-electron chi connectivity index (χ0n) is 20.0. The van der Waals surface area contributed by atoms with E-state index in [0.29, 0.717) is 18.5 Å². The molecule has 8 nitrogen and oxygen atoms in total. The second-order valence-electron chi connectivity index (χ2n) is 8.75. The molecule has 37 heavy (non-hydrogen) atoms. The smallest absolute Gasteiger partial charge is 0.269 e. The molecule has 184 valence electrons. The lowest BCUT2D eigenvalue weighted by Gasteiger charge is -2.17. The molecule has 2 aromatic carbocycles. The monoisotopic (exact) mass is 491 g/mol. The summed E-state index contributed by atoms with van der Waals surface area (Å²) in [6.45, 7) is 0.457. The molecule has 0 unspecified atom stereocenters. The van der Waals surface area contributed by atoms with Crippen LogP contribution in [0.25, 0.3) is 22.2 Å². The lowest BCUT2D eigenvalue weighted by atomic mass is 9.87. The van der Waals surface area contributed by atoms with Crippen LogP contribution in [0.5, 0.6) is 0 Å². The van der Waals surface area contributed by atoms with E-state index >= 15 is 0 Å². The number of nitrogens with zero attached hydrogens (tertiary/aromatic N) is 3. The summed E-state index contributed by atoms with van der Waals surface area (Å²) in [7, 11) is 0. The maximum absolute atomic E-state index is 13.0. The number of hydrogen-bond donors (Lipinski definition) is 2. The van der Waals surface area contributed by atoms with Gasteiger partial charge in [-0.2, -0.15) is 0 Å². The molecule has 3 heterocycles. The topological polar surface area (TPSA) is 114 Å². The number of benzene rings is 2. The van der Waals surface area contributed by atoms with Crippen LogP contribution >= 0.6 is 0 Å². The van der Waals surface area contributed by atoms with Gasteiger partial charge in [-0.05, 0) is 41.5 Å². The van der Waals surface area contributed by atoms with Crippen LogP contribution in [0.15, 0.2) is 97.5 Å². The van der Waals surface area contributed by atoms with E-state index < -0.39 is 4.92 Å². The third-order valence-electron chi connectivity index (χ3n) is 6.35. The molecule has 5 aromatic rings. The zero-order chi connectivity index (χ0) is 25.6. The first kappa shape index (κ1) is 23.9. The lowest BCUT2D eigenvalue weighted by molar-refractivity contribution is -0.384. The summed E-state index contributed by atoms with van der Waals surface area (Å²) in [6, 6.07) is 24.0. The van der Waals surface area contributed by atoms with Gasteiger partial charge in [0.15, 0.2) is 0 Å². The maximum Gasteiger partial charge on any atom is 0.269 e. The summed E-state index contributed by atoms with van der Waals surface area (Å²) < 4.78 is 0. The molecule has 0 spiro atoms. The Hall–Kier alpha value is -4.85. The van der Waals surface area contributed by atoms with E-state index in [9.17, 15) is 14.9 Å². The fraction of sp³-hybridized carbons (Fsp3) is 0.138. The molecule has 0 radical (unpaired) electrons. The predicted octanol–water partition coefficient (Wildman–Crippen LogP) is 5.41. The molecule has 3 aromatic heterocycles. The van der Waals surface area contributed by atoms with Crippen LogP contribution in [0.4, 0.5) is 5.69 Å². The molecular weight excluding hydrogens is 466 g/mol. The Morgan fingerprint density at radius 3 is 2.57 bits per heavy atom. The first-order chi connectivity index (χ1) is 18.1. The van der Waals surface area contributed by atoms with Crippen molar-refractivity contribution in [1.82, 2.24) is 20.3 Å². The molecule has 0 aliphatic heterocycles. The highest BCUT2D eigenvalue weighted by Gasteiger charge is 2.23. The fourth-order valence-electron chi connectivity index (χ4n) is 4.53. The summed E-state index contributed by atoms with van der Waals surface area (Å²) in [5, 5.41) is 15.4. The molecular formula is C29H25N5O3. The molecule has 1 atom stereocenters.